The summed E-state index contributed by atoms with van der Waals surface area (Å²) in [4.78, 5) is 0. The summed E-state index contributed by atoms with van der Waals surface area (Å²) in [7, 11) is -0.632. The predicted molar refractivity (Wildman–Crippen MR) is 93.4 cm³/mol. The summed E-state index contributed by atoms with van der Waals surface area (Å²) in [6, 6.07) is 21.0. The minimum absolute atomic E-state index is 0.176. The Labute approximate surface area is 143 Å². The van der Waals surface area contributed by atoms with E-state index in [4.69, 9.17) is 14.0 Å². The first-order chi connectivity index (χ1) is 11.9. The molecule has 2 aliphatic rings. The van der Waals surface area contributed by atoms with Crippen molar-refractivity contribution >= 4 is 7.32 Å². The van der Waals surface area contributed by atoms with Crippen molar-refractivity contribution in [2.45, 2.75) is 24.5 Å². The molecule has 2 fully saturated rings. The van der Waals surface area contributed by atoms with Gasteiger partial charge in [0.05, 0.1) is 13.2 Å². The van der Waals surface area contributed by atoms with Crippen LogP contribution in [0.5, 0.6) is 0 Å². The molecule has 0 radical (unpaired) electrons. The van der Waals surface area contributed by atoms with Crippen LogP contribution in [0.25, 0.3) is 0 Å². The van der Waals surface area contributed by atoms with Crippen LogP contribution >= 0.6 is 0 Å². The van der Waals surface area contributed by atoms with Gasteiger partial charge in [0.1, 0.15) is 5.60 Å². The maximum absolute atomic E-state index is 6.55. The van der Waals surface area contributed by atoms with E-state index >= 15 is 0 Å². The number of benzene rings is 2. The molecule has 2 heterocycles. The minimum Gasteiger partial charge on any atom is -0.384 e. The normalized spacial score (nSPS) is 21.3. The summed E-state index contributed by atoms with van der Waals surface area (Å²) in [6.45, 7) is 2.15. The SMILES string of the molecule is c1ccc(C(OB2OCCO2)(c2ccccc2)C2CCCN2)cc1. The highest BCUT2D eigenvalue weighted by atomic mass is 16.8. The highest BCUT2D eigenvalue weighted by molar-refractivity contribution is 6.37. The Balaban J connectivity index is 1.84. The molecule has 0 amide bonds. The number of nitrogens with one attached hydrogen (secondary N) is 1. The largest absolute Gasteiger partial charge is 0.640 e. The van der Waals surface area contributed by atoms with Crippen molar-refractivity contribution in [2.75, 3.05) is 19.8 Å². The van der Waals surface area contributed by atoms with E-state index in [0.29, 0.717) is 13.2 Å². The van der Waals surface area contributed by atoms with Crippen LogP contribution in [0.1, 0.15) is 24.0 Å². The molecule has 2 saturated heterocycles. The lowest BCUT2D eigenvalue weighted by molar-refractivity contribution is 0.0208. The van der Waals surface area contributed by atoms with E-state index in [1.165, 1.54) is 0 Å². The fourth-order valence-corrected chi connectivity index (χ4v) is 3.75. The second kappa shape index (κ2) is 7.07. The molecule has 1 atom stereocenters. The van der Waals surface area contributed by atoms with Gasteiger partial charge in [0.25, 0.3) is 0 Å². The zero-order chi connectivity index (χ0) is 16.2. The Hall–Kier alpha value is -1.66. The van der Waals surface area contributed by atoms with Crippen LogP contribution in [0.4, 0.5) is 0 Å². The zero-order valence-corrected chi connectivity index (χ0v) is 13.7. The molecule has 24 heavy (non-hydrogen) atoms. The van der Waals surface area contributed by atoms with Gasteiger partial charge < -0.3 is 19.3 Å². The molecule has 2 aliphatic heterocycles. The number of hydrogen-bond acceptors (Lipinski definition) is 4. The van der Waals surface area contributed by atoms with Gasteiger partial charge in [-0.05, 0) is 30.5 Å². The smallest absolute Gasteiger partial charge is 0.384 e. The van der Waals surface area contributed by atoms with Crippen molar-refractivity contribution in [2.24, 2.45) is 0 Å². The second-order valence-corrected chi connectivity index (χ2v) is 6.26. The van der Waals surface area contributed by atoms with E-state index in [1.54, 1.807) is 0 Å². The standard InChI is InChI=1S/C19H22BNO3/c1-3-8-16(9-4-1)19(18-12-7-13-21-18,17-10-5-2-6-11-17)24-20-22-14-15-23-20/h1-6,8-11,18,21H,7,12-15H2. The lowest BCUT2D eigenvalue weighted by Gasteiger charge is -2.41. The molecule has 5 heteroatoms. The zero-order valence-electron chi connectivity index (χ0n) is 13.7. The fourth-order valence-electron chi connectivity index (χ4n) is 3.75. The van der Waals surface area contributed by atoms with Crippen LogP contribution in [0.2, 0.25) is 0 Å². The van der Waals surface area contributed by atoms with Gasteiger partial charge in [-0.15, -0.1) is 0 Å². The molecule has 0 spiro atoms. The van der Waals surface area contributed by atoms with Gasteiger partial charge in [-0.25, -0.2) is 0 Å². The minimum atomic E-state index is -0.632. The number of rotatable bonds is 5. The molecule has 0 bridgehead atoms. The van der Waals surface area contributed by atoms with Gasteiger partial charge in [-0.1, -0.05) is 60.7 Å². The van der Waals surface area contributed by atoms with Gasteiger partial charge in [0, 0.05) is 6.04 Å². The molecule has 0 aliphatic carbocycles. The maximum atomic E-state index is 6.55. The lowest BCUT2D eigenvalue weighted by atomic mass is 9.78. The predicted octanol–water partition coefficient (Wildman–Crippen LogP) is 2.73. The van der Waals surface area contributed by atoms with Crippen molar-refractivity contribution in [1.29, 1.82) is 0 Å². The third-order valence-electron chi connectivity index (χ3n) is 4.83. The monoisotopic (exact) mass is 323 g/mol. The van der Waals surface area contributed by atoms with E-state index in [0.717, 1.165) is 30.5 Å². The lowest BCUT2D eigenvalue weighted by Crippen LogP contribution is -2.51. The van der Waals surface area contributed by atoms with Crippen molar-refractivity contribution in [3.8, 4) is 0 Å². The maximum Gasteiger partial charge on any atom is 0.640 e. The van der Waals surface area contributed by atoms with Crippen molar-refractivity contribution in [3.63, 3.8) is 0 Å². The summed E-state index contributed by atoms with van der Waals surface area (Å²) in [5, 5.41) is 3.63. The van der Waals surface area contributed by atoms with E-state index in [9.17, 15) is 0 Å². The van der Waals surface area contributed by atoms with Crippen molar-refractivity contribution in [3.05, 3.63) is 71.8 Å². The molecule has 2 aromatic rings. The molecule has 0 aromatic heterocycles. The summed E-state index contributed by atoms with van der Waals surface area (Å²) in [5.74, 6) is 0. The highest BCUT2D eigenvalue weighted by Gasteiger charge is 2.48. The topological polar surface area (TPSA) is 39.7 Å². The summed E-state index contributed by atoms with van der Waals surface area (Å²) < 4.78 is 17.8. The Morgan fingerprint density at radius 2 is 1.50 bits per heavy atom. The average molecular weight is 323 g/mol. The Bertz CT molecular complexity index is 601. The average Bonchev–Trinajstić information content (AvgIpc) is 3.35. The van der Waals surface area contributed by atoms with Crippen LogP contribution in [-0.4, -0.2) is 33.1 Å². The van der Waals surface area contributed by atoms with Crippen LogP contribution in [0, 0.1) is 0 Å². The molecular formula is C19H22BNO3. The molecule has 4 nitrogen and oxygen atoms in total. The summed E-state index contributed by atoms with van der Waals surface area (Å²) in [6.07, 6.45) is 2.19. The van der Waals surface area contributed by atoms with Crippen molar-refractivity contribution in [1.82, 2.24) is 5.32 Å². The van der Waals surface area contributed by atoms with Gasteiger partial charge >= 0.3 is 7.32 Å². The Morgan fingerprint density at radius 3 is 2.00 bits per heavy atom. The Kier molecular flexibility index (Phi) is 4.67. The molecule has 124 valence electrons. The first kappa shape index (κ1) is 15.8. The summed E-state index contributed by atoms with van der Waals surface area (Å²) >= 11 is 0. The van der Waals surface area contributed by atoms with E-state index in [2.05, 4.69) is 53.8 Å². The van der Waals surface area contributed by atoms with Crippen LogP contribution < -0.4 is 5.32 Å². The third kappa shape index (κ3) is 2.89. The quantitative estimate of drug-likeness (QED) is 0.859. The summed E-state index contributed by atoms with van der Waals surface area (Å²) in [5.41, 5.74) is 1.61. The van der Waals surface area contributed by atoms with Gasteiger partial charge in [0.15, 0.2) is 0 Å². The molecule has 2 aromatic carbocycles. The van der Waals surface area contributed by atoms with Gasteiger partial charge in [-0.3, -0.25) is 0 Å². The fraction of sp³-hybridized carbons (Fsp3) is 0.368. The van der Waals surface area contributed by atoms with E-state index in [-0.39, 0.29) is 6.04 Å². The van der Waals surface area contributed by atoms with Crippen LogP contribution in [0.15, 0.2) is 60.7 Å². The molecule has 1 unspecified atom stereocenters. The van der Waals surface area contributed by atoms with E-state index < -0.39 is 12.9 Å². The molecular weight excluding hydrogens is 301 g/mol. The second-order valence-electron chi connectivity index (χ2n) is 6.26. The van der Waals surface area contributed by atoms with E-state index in [1.807, 2.05) is 12.1 Å². The van der Waals surface area contributed by atoms with Crippen molar-refractivity contribution < 1.29 is 14.0 Å². The van der Waals surface area contributed by atoms with Crippen LogP contribution in [0.3, 0.4) is 0 Å². The highest BCUT2D eigenvalue weighted by Crippen LogP contribution is 2.41. The third-order valence-corrected chi connectivity index (χ3v) is 4.83. The Morgan fingerprint density at radius 1 is 0.917 bits per heavy atom. The van der Waals surface area contributed by atoms with Gasteiger partial charge in [-0.2, -0.15) is 0 Å². The number of hydrogen-bond donors (Lipinski definition) is 1. The van der Waals surface area contributed by atoms with Gasteiger partial charge in [0.2, 0.25) is 0 Å². The molecule has 0 saturated carbocycles. The first-order valence-electron chi connectivity index (χ1n) is 8.65. The first-order valence-corrected chi connectivity index (χ1v) is 8.65. The molecule has 4 rings (SSSR count). The molecule has 1 N–H and O–H groups in total. The van der Waals surface area contributed by atoms with Crippen LogP contribution in [-0.2, 0) is 19.6 Å².